The molecular formula is C2H6N2O. The zero-order valence-corrected chi connectivity index (χ0v) is 2.85. The van der Waals surface area contributed by atoms with Gasteiger partial charge in [0.2, 0.25) is 0 Å². The minimum absolute atomic E-state index is 0.222. The van der Waals surface area contributed by atoms with Crippen LogP contribution >= 0.6 is 0 Å². The van der Waals surface area contributed by atoms with Crippen molar-refractivity contribution in [3.05, 3.63) is 0 Å². The zero-order chi connectivity index (χ0) is 4.12. The molecule has 0 unspecified atom stereocenters. The van der Waals surface area contributed by atoms with Crippen molar-refractivity contribution in [2.45, 2.75) is 0 Å². The molecule has 30 valence electrons. The predicted octanol–water partition coefficient (Wildman–Crippen LogP) is -1.05. The van der Waals surface area contributed by atoms with Crippen LogP contribution in [0.4, 0.5) is 0 Å². The smallest absolute Gasteiger partial charge is 0.0842 e. The first-order valence-electron chi connectivity index (χ1n) is 1.38. The van der Waals surface area contributed by atoms with Crippen LogP contribution in [0.25, 0.3) is 0 Å². The van der Waals surface area contributed by atoms with Gasteiger partial charge in [0, 0.05) is 12.4 Å². The Bertz CT molecular complexity index is 15.1. The highest BCUT2D eigenvalue weighted by Crippen LogP contribution is 1.50. The van der Waals surface area contributed by atoms with Gasteiger partial charge in [0.05, 0.1) is 6.61 Å². The molecule has 0 aromatic carbocycles. The second-order valence-electron chi connectivity index (χ2n) is 0.622. The van der Waals surface area contributed by atoms with Crippen molar-refractivity contribution >= 4 is 0 Å². The van der Waals surface area contributed by atoms with Gasteiger partial charge in [0.25, 0.3) is 0 Å². The van der Waals surface area contributed by atoms with Crippen LogP contribution in [0.15, 0.2) is 0 Å². The Morgan fingerprint density at radius 2 is 2.40 bits per heavy atom. The third-order valence-corrected chi connectivity index (χ3v) is 0.209. The molecule has 2 radical (unpaired) electrons. The third-order valence-electron chi connectivity index (χ3n) is 0.209. The van der Waals surface area contributed by atoms with Crippen LogP contribution in [-0.4, -0.2) is 13.2 Å². The van der Waals surface area contributed by atoms with E-state index in [1.165, 1.54) is 0 Å². The quantitative estimate of drug-likeness (QED) is 0.425. The molecule has 0 bridgehead atoms. The van der Waals surface area contributed by atoms with E-state index >= 15 is 0 Å². The summed E-state index contributed by atoms with van der Waals surface area (Å²) in [5, 5.41) is 0. The van der Waals surface area contributed by atoms with E-state index in [1.54, 1.807) is 0 Å². The minimum Gasteiger partial charge on any atom is -0.328 e. The molecule has 0 heterocycles. The highest BCUT2D eigenvalue weighted by atomic mass is 16.6. The molecule has 0 amide bonds. The molecule has 0 aromatic rings. The molecule has 0 fully saturated rings. The molecule has 0 saturated heterocycles. The van der Waals surface area contributed by atoms with E-state index in [2.05, 4.69) is 4.84 Å². The van der Waals surface area contributed by atoms with Gasteiger partial charge in [-0.05, 0) is 0 Å². The molecule has 0 spiro atoms. The maximum absolute atomic E-state index is 7.49. The average molecular weight is 74.1 g/mol. The van der Waals surface area contributed by atoms with Crippen LogP contribution in [-0.2, 0) is 4.84 Å². The second-order valence-corrected chi connectivity index (χ2v) is 0.622. The first-order valence-corrected chi connectivity index (χ1v) is 1.38. The summed E-state index contributed by atoms with van der Waals surface area (Å²) >= 11 is 0. The van der Waals surface area contributed by atoms with Crippen molar-refractivity contribution in [1.82, 2.24) is 5.90 Å². The molecule has 0 aliphatic rings. The van der Waals surface area contributed by atoms with E-state index in [4.69, 9.17) is 11.6 Å². The van der Waals surface area contributed by atoms with Crippen molar-refractivity contribution in [2.75, 3.05) is 13.2 Å². The molecule has 0 aliphatic carbocycles. The standard InChI is InChI=1S/C2H6N2O/c3-1-2-5-4/h1-3H2. The van der Waals surface area contributed by atoms with Crippen molar-refractivity contribution in [1.29, 1.82) is 0 Å². The van der Waals surface area contributed by atoms with E-state index in [0.717, 1.165) is 0 Å². The number of hydrogen-bond donors (Lipinski definition) is 1. The Morgan fingerprint density at radius 3 is 2.40 bits per heavy atom. The summed E-state index contributed by atoms with van der Waals surface area (Å²) in [5.74, 6) is 7.49. The Hall–Kier alpha value is -0.120. The van der Waals surface area contributed by atoms with Gasteiger partial charge in [-0.25, -0.2) is 0 Å². The molecule has 0 saturated carbocycles. The molecule has 0 rings (SSSR count). The number of nitrogens with zero attached hydrogens (tertiary/aromatic N) is 1. The van der Waals surface area contributed by atoms with E-state index in [-0.39, 0.29) is 6.61 Å². The largest absolute Gasteiger partial charge is 0.328 e. The molecule has 3 heteroatoms. The average Bonchev–Trinajstić information content (AvgIpc) is 1.41. The lowest BCUT2D eigenvalue weighted by atomic mass is 10.8. The first-order chi connectivity index (χ1) is 2.41. The van der Waals surface area contributed by atoms with E-state index in [0.29, 0.717) is 6.54 Å². The van der Waals surface area contributed by atoms with Crippen molar-refractivity contribution in [3.63, 3.8) is 0 Å². The topological polar surface area (TPSA) is 57.5 Å². The van der Waals surface area contributed by atoms with Gasteiger partial charge >= 0.3 is 0 Å². The van der Waals surface area contributed by atoms with Gasteiger partial charge in [-0.15, -0.1) is 0 Å². The van der Waals surface area contributed by atoms with Crippen LogP contribution in [0.3, 0.4) is 0 Å². The van der Waals surface area contributed by atoms with Crippen molar-refractivity contribution < 1.29 is 4.84 Å². The Labute approximate surface area is 30.9 Å². The summed E-state index contributed by atoms with van der Waals surface area (Å²) in [6, 6.07) is 0. The summed E-state index contributed by atoms with van der Waals surface area (Å²) in [6.45, 7) is 0.594. The second kappa shape index (κ2) is 3.88. The van der Waals surface area contributed by atoms with Crippen LogP contribution < -0.4 is 11.6 Å². The molecular weight excluding hydrogens is 68.0 g/mol. The van der Waals surface area contributed by atoms with Gasteiger partial charge in [-0.1, -0.05) is 0 Å². The van der Waals surface area contributed by atoms with E-state index < -0.39 is 0 Å². The molecule has 5 heavy (non-hydrogen) atoms. The predicted molar refractivity (Wildman–Crippen MR) is 17.1 cm³/mol. The maximum Gasteiger partial charge on any atom is 0.0842 e. The van der Waals surface area contributed by atoms with Crippen LogP contribution in [0.1, 0.15) is 0 Å². The number of rotatable bonds is 2. The molecule has 0 aliphatic heterocycles. The van der Waals surface area contributed by atoms with Crippen LogP contribution in [0, 0.1) is 0 Å². The highest BCUT2D eigenvalue weighted by molar-refractivity contribution is 4.20. The summed E-state index contributed by atoms with van der Waals surface area (Å²) in [5.41, 5.74) is 4.85. The van der Waals surface area contributed by atoms with Crippen molar-refractivity contribution in [2.24, 2.45) is 5.73 Å². The van der Waals surface area contributed by atoms with Gasteiger partial charge in [0.1, 0.15) is 0 Å². The Morgan fingerprint density at radius 1 is 1.80 bits per heavy atom. The summed E-state index contributed by atoms with van der Waals surface area (Å²) in [6.07, 6.45) is 0. The van der Waals surface area contributed by atoms with Crippen LogP contribution in [0.5, 0.6) is 0 Å². The fraction of sp³-hybridized carbons (Fsp3) is 1.00. The summed E-state index contributed by atoms with van der Waals surface area (Å²) in [7, 11) is 0. The lowest BCUT2D eigenvalue weighted by Gasteiger charge is -1.80. The van der Waals surface area contributed by atoms with Gasteiger partial charge in [-0.3, -0.25) is 4.84 Å². The van der Waals surface area contributed by atoms with E-state index in [1.807, 2.05) is 0 Å². The molecule has 2 N–H and O–H groups in total. The fourth-order valence-electron chi connectivity index (χ4n) is 0.0527. The minimum atomic E-state index is 0.222. The summed E-state index contributed by atoms with van der Waals surface area (Å²) < 4.78 is 0. The Balaban J connectivity index is 2.19. The number of nitrogens with two attached hydrogens (primary N) is 1. The van der Waals surface area contributed by atoms with Crippen LogP contribution in [0.2, 0.25) is 0 Å². The monoisotopic (exact) mass is 74.0 g/mol. The number of hydrogen-bond acceptors (Lipinski definition) is 2. The molecule has 0 atom stereocenters. The van der Waals surface area contributed by atoms with Crippen molar-refractivity contribution in [3.8, 4) is 0 Å². The fourth-order valence-corrected chi connectivity index (χ4v) is 0.0527. The zero-order valence-electron chi connectivity index (χ0n) is 2.85. The lowest BCUT2D eigenvalue weighted by Crippen LogP contribution is -2.06. The lowest BCUT2D eigenvalue weighted by molar-refractivity contribution is 0.126. The van der Waals surface area contributed by atoms with E-state index in [9.17, 15) is 0 Å². The van der Waals surface area contributed by atoms with Gasteiger partial charge < -0.3 is 5.73 Å². The summed E-state index contributed by atoms with van der Waals surface area (Å²) in [4.78, 5) is 3.57. The van der Waals surface area contributed by atoms with Gasteiger partial charge in [-0.2, -0.15) is 0 Å². The third kappa shape index (κ3) is 3.88. The highest BCUT2D eigenvalue weighted by Gasteiger charge is 1.69. The normalized spacial score (nSPS) is 8.40. The van der Waals surface area contributed by atoms with Gasteiger partial charge in [0.15, 0.2) is 0 Å². The Kier molecular flexibility index (Phi) is 3.79. The molecule has 3 nitrogen and oxygen atoms in total. The molecule has 0 aromatic heterocycles. The SMILES string of the molecule is [N]OCCN. The maximum atomic E-state index is 7.49. The first kappa shape index (κ1) is 4.88.